The van der Waals surface area contributed by atoms with Gasteiger partial charge >= 0.3 is 0 Å². The van der Waals surface area contributed by atoms with Crippen molar-refractivity contribution in [3.8, 4) is 78.1 Å². The number of benzene rings is 8. The molecule has 3 heterocycles. The average molecular weight is 817 g/mol. The van der Waals surface area contributed by atoms with Gasteiger partial charge in [0.15, 0.2) is 17.5 Å². The molecule has 288 valence electrons. The predicted octanol–water partition coefficient (Wildman–Crippen LogP) is 15.2. The van der Waals surface area contributed by atoms with Gasteiger partial charge in [-0.25, -0.2) is 19.9 Å². The molecule has 0 fully saturated rings. The summed E-state index contributed by atoms with van der Waals surface area (Å²) in [6.45, 7) is 4.72. The molecule has 0 unspecified atom stereocenters. The normalized spacial score (nSPS) is 12.9. The van der Waals surface area contributed by atoms with Gasteiger partial charge in [0, 0.05) is 47.8 Å². The molecule has 12 rings (SSSR count). The Kier molecular flexibility index (Phi) is 8.21. The Morgan fingerprint density at radius 1 is 0.377 bits per heavy atom. The van der Waals surface area contributed by atoms with Crippen LogP contribution in [0.1, 0.15) is 25.0 Å². The minimum Gasteiger partial charge on any atom is -0.236 e. The van der Waals surface area contributed by atoms with Crippen LogP contribution in [0.25, 0.3) is 109 Å². The molecule has 0 radical (unpaired) electrons. The zero-order chi connectivity index (χ0) is 40.7. The van der Waals surface area contributed by atoms with Gasteiger partial charge in [-0.15, -0.1) is 22.7 Å². The maximum atomic E-state index is 5.26. The van der Waals surface area contributed by atoms with Crippen molar-refractivity contribution in [2.24, 2.45) is 0 Å². The first-order valence-corrected chi connectivity index (χ1v) is 22.2. The van der Waals surface area contributed by atoms with Crippen LogP contribution in [0.4, 0.5) is 0 Å². The summed E-state index contributed by atoms with van der Waals surface area (Å²) in [7, 11) is 0. The van der Waals surface area contributed by atoms with Crippen LogP contribution < -0.4 is 0 Å². The van der Waals surface area contributed by atoms with E-state index in [9.17, 15) is 0 Å². The van der Waals surface area contributed by atoms with Gasteiger partial charge in [0.25, 0.3) is 0 Å². The first kappa shape index (κ1) is 35.8. The summed E-state index contributed by atoms with van der Waals surface area (Å²) in [4.78, 5) is 20.7. The van der Waals surface area contributed by atoms with E-state index in [0.29, 0.717) is 17.5 Å². The van der Waals surface area contributed by atoms with Crippen LogP contribution in [-0.4, -0.2) is 19.9 Å². The molecule has 1 aliphatic rings. The summed E-state index contributed by atoms with van der Waals surface area (Å²) in [5.74, 6) is 1.95. The molecule has 6 heteroatoms. The van der Waals surface area contributed by atoms with Crippen molar-refractivity contribution >= 4 is 53.1 Å². The Morgan fingerprint density at radius 3 is 1.79 bits per heavy atom. The van der Waals surface area contributed by atoms with Crippen LogP contribution in [0, 0.1) is 0 Å². The van der Waals surface area contributed by atoms with E-state index >= 15 is 0 Å². The number of hydrogen-bond donors (Lipinski definition) is 0. The van der Waals surface area contributed by atoms with Crippen molar-refractivity contribution < 1.29 is 0 Å². The maximum absolute atomic E-state index is 5.26. The van der Waals surface area contributed by atoms with E-state index in [2.05, 4.69) is 190 Å². The largest absolute Gasteiger partial charge is 0.236 e. The molecular weight excluding hydrogens is 781 g/mol. The molecule has 0 aliphatic heterocycles. The lowest BCUT2D eigenvalue weighted by atomic mass is 9.81. The fraction of sp³-hybridized carbons (Fsp3) is 0.0545. The van der Waals surface area contributed by atoms with E-state index in [4.69, 9.17) is 19.9 Å². The van der Waals surface area contributed by atoms with E-state index in [-0.39, 0.29) is 5.41 Å². The average Bonchev–Trinajstić information content (AvgIpc) is 4.00. The van der Waals surface area contributed by atoms with Crippen molar-refractivity contribution in [2.75, 3.05) is 0 Å². The van der Waals surface area contributed by atoms with Crippen LogP contribution in [-0.2, 0) is 5.41 Å². The zero-order valence-corrected chi connectivity index (χ0v) is 35.1. The highest BCUT2D eigenvalue weighted by atomic mass is 32.1. The van der Waals surface area contributed by atoms with Gasteiger partial charge in [-0.2, -0.15) is 0 Å². The molecule has 1 aliphatic carbocycles. The van der Waals surface area contributed by atoms with Crippen molar-refractivity contribution in [1.29, 1.82) is 0 Å². The fourth-order valence-corrected chi connectivity index (χ4v) is 11.6. The molecule has 0 spiro atoms. The van der Waals surface area contributed by atoms with E-state index < -0.39 is 0 Å². The number of nitrogens with zero attached hydrogens (tertiary/aromatic N) is 4. The monoisotopic (exact) mass is 816 g/mol. The van der Waals surface area contributed by atoms with Crippen LogP contribution in [0.3, 0.4) is 0 Å². The van der Waals surface area contributed by atoms with Crippen LogP contribution in [0.2, 0.25) is 0 Å². The smallest absolute Gasteiger partial charge is 0.165 e. The van der Waals surface area contributed by atoms with Crippen molar-refractivity contribution in [3.63, 3.8) is 0 Å². The number of hydrogen-bond acceptors (Lipinski definition) is 6. The topological polar surface area (TPSA) is 51.6 Å². The second-order valence-electron chi connectivity index (χ2n) is 16.2. The highest BCUT2D eigenvalue weighted by Crippen LogP contribution is 2.53. The summed E-state index contributed by atoms with van der Waals surface area (Å²) in [5, 5.41) is 3.52. The quantitative estimate of drug-likeness (QED) is 0.168. The summed E-state index contributed by atoms with van der Waals surface area (Å²) in [5.41, 5.74) is 14.8. The molecule has 0 N–H and O–H groups in total. The van der Waals surface area contributed by atoms with Gasteiger partial charge in [0.05, 0.1) is 10.2 Å². The van der Waals surface area contributed by atoms with Crippen molar-refractivity contribution in [3.05, 3.63) is 193 Å². The molecule has 0 saturated carbocycles. The van der Waals surface area contributed by atoms with E-state index in [1.807, 2.05) is 6.07 Å². The Labute approximate surface area is 361 Å². The second kappa shape index (κ2) is 14.0. The zero-order valence-electron chi connectivity index (χ0n) is 33.4. The summed E-state index contributed by atoms with van der Waals surface area (Å²) in [6, 6.07) is 64.6. The molecule has 8 aromatic carbocycles. The molecule has 4 nitrogen and oxygen atoms in total. The standard InChI is InChI=1S/C55H36N4S2/c1-55(2)45-32-38(27-28-40(45)42-29-30-46-50(48(42)55)61-54(56-46)36-15-7-4-8-16-36)37-17-11-18-39(31-37)52-57-51(35-25-23-34(24-26-35)33-13-5-3-6-14-33)58-53(59-52)44-21-12-20-43-41-19-9-10-22-47(41)60-49(43)44/h3-32H,1-2H3. The molecule has 11 aromatic rings. The number of thiazole rings is 1. The van der Waals surface area contributed by atoms with Crippen LogP contribution in [0.15, 0.2) is 182 Å². The first-order chi connectivity index (χ1) is 30.0. The number of fused-ring (bicyclic) bond motifs is 8. The molecule has 0 atom stereocenters. The van der Waals surface area contributed by atoms with Gasteiger partial charge in [-0.1, -0.05) is 166 Å². The SMILES string of the molecule is CC1(C)c2cc(-c3cccc(-c4nc(-c5ccc(-c6ccccc6)cc5)nc(-c5cccc6c5sc5ccccc56)n4)c3)ccc2-c2ccc3nc(-c4ccccc4)sc3c21. The van der Waals surface area contributed by atoms with Gasteiger partial charge in [-0.05, 0) is 74.8 Å². The lowest BCUT2D eigenvalue weighted by Gasteiger charge is -2.22. The Morgan fingerprint density at radius 2 is 0.967 bits per heavy atom. The van der Waals surface area contributed by atoms with Gasteiger partial charge in [0.2, 0.25) is 0 Å². The summed E-state index contributed by atoms with van der Waals surface area (Å²) in [6.07, 6.45) is 0. The van der Waals surface area contributed by atoms with E-state index in [1.54, 1.807) is 22.7 Å². The van der Waals surface area contributed by atoms with Crippen molar-refractivity contribution in [1.82, 2.24) is 19.9 Å². The fourth-order valence-electron chi connectivity index (χ4n) is 9.11. The number of thiophene rings is 1. The molecule has 0 amide bonds. The van der Waals surface area contributed by atoms with Crippen molar-refractivity contribution in [2.45, 2.75) is 19.3 Å². The molecule has 0 bridgehead atoms. The lowest BCUT2D eigenvalue weighted by Crippen LogP contribution is -2.15. The van der Waals surface area contributed by atoms with Gasteiger partial charge < -0.3 is 0 Å². The number of rotatable bonds is 6. The summed E-state index contributed by atoms with van der Waals surface area (Å²) >= 11 is 3.59. The predicted molar refractivity (Wildman–Crippen MR) is 256 cm³/mol. The molecular formula is C55H36N4S2. The minimum absolute atomic E-state index is 0.208. The Bertz CT molecular complexity index is 3490. The molecule has 61 heavy (non-hydrogen) atoms. The summed E-state index contributed by atoms with van der Waals surface area (Å²) < 4.78 is 3.69. The minimum atomic E-state index is -0.208. The maximum Gasteiger partial charge on any atom is 0.165 e. The third-order valence-electron chi connectivity index (χ3n) is 12.2. The first-order valence-electron chi connectivity index (χ1n) is 20.5. The van der Waals surface area contributed by atoms with Gasteiger partial charge in [0.1, 0.15) is 5.01 Å². The number of aromatic nitrogens is 4. The molecule has 3 aromatic heterocycles. The Balaban J connectivity index is 0.963. The highest BCUT2D eigenvalue weighted by Gasteiger charge is 2.38. The lowest BCUT2D eigenvalue weighted by molar-refractivity contribution is 0.667. The second-order valence-corrected chi connectivity index (χ2v) is 18.3. The van der Waals surface area contributed by atoms with Crippen LogP contribution >= 0.6 is 22.7 Å². The third kappa shape index (κ3) is 5.93. The highest BCUT2D eigenvalue weighted by molar-refractivity contribution is 7.26. The third-order valence-corrected chi connectivity index (χ3v) is 14.5. The Hall–Kier alpha value is -7.12. The van der Waals surface area contributed by atoms with Gasteiger partial charge in [-0.3, -0.25) is 0 Å². The van der Waals surface area contributed by atoms with E-state index in [0.717, 1.165) is 49.5 Å². The van der Waals surface area contributed by atoms with E-state index in [1.165, 1.54) is 52.7 Å². The van der Waals surface area contributed by atoms with Crippen LogP contribution in [0.5, 0.6) is 0 Å². The molecule has 0 saturated heterocycles.